The average Bonchev–Trinajstić information content (AvgIpc) is 2.83. The predicted octanol–water partition coefficient (Wildman–Crippen LogP) is 2.29. The van der Waals surface area contributed by atoms with Crippen LogP contribution in [0.2, 0.25) is 0 Å². The number of ether oxygens (including phenoxy) is 1. The molecule has 1 aromatic carbocycles. The zero-order chi connectivity index (χ0) is 20.1. The van der Waals surface area contributed by atoms with Crippen LogP contribution in [0, 0.1) is 41.7 Å². The molecule has 1 aliphatic carbocycles. The zero-order valence-corrected chi connectivity index (χ0v) is 15.7. The molecular formula is C19H24N2O6. The van der Waals surface area contributed by atoms with E-state index in [-0.39, 0.29) is 31.1 Å². The second kappa shape index (κ2) is 8.75. The van der Waals surface area contributed by atoms with Gasteiger partial charge in [-0.3, -0.25) is 24.5 Å². The fourth-order valence-electron chi connectivity index (χ4n) is 3.44. The molecule has 146 valence electrons. The third-order valence-electron chi connectivity index (χ3n) is 4.96. The molecule has 1 saturated carbocycles. The predicted molar refractivity (Wildman–Crippen MR) is 97.8 cm³/mol. The number of rotatable bonds is 7. The summed E-state index contributed by atoms with van der Waals surface area (Å²) in [7, 11) is 0. The van der Waals surface area contributed by atoms with Crippen molar-refractivity contribution in [2.24, 2.45) is 17.8 Å². The topological polar surface area (TPSA) is 116 Å². The first-order chi connectivity index (χ1) is 12.7. The standard InChI is InChI=1S/C19H24N2O6/c1-11-4-5-12(2)16(6-11)20-18(23)10-27-19(24)8-14-15(9-21(25)26)13(3)7-17(14)22/h4-6,13-15H,7-10H2,1-3H3,(H,20,23)/t13-,14-,15-/m1/s1. The van der Waals surface area contributed by atoms with E-state index < -0.39 is 35.2 Å². The van der Waals surface area contributed by atoms with Crippen LogP contribution in [0.25, 0.3) is 0 Å². The number of nitro groups is 1. The Morgan fingerprint density at radius 2 is 2.04 bits per heavy atom. The summed E-state index contributed by atoms with van der Waals surface area (Å²) in [5.74, 6) is -2.69. The van der Waals surface area contributed by atoms with E-state index in [1.807, 2.05) is 32.0 Å². The second-order valence-electron chi connectivity index (χ2n) is 7.16. The first-order valence-electron chi connectivity index (χ1n) is 8.84. The van der Waals surface area contributed by atoms with E-state index in [4.69, 9.17) is 4.74 Å². The summed E-state index contributed by atoms with van der Waals surface area (Å²) >= 11 is 0. The highest BCUT2D eigenvalue weighted by Gasteiger charge is 2.44. The van der Waals surface area contributed by atoms with Gasteiger partial charge in [-0.1, -0.05) is 19.1 Å². The van der Waals surface area contributed by atoms with Crippen LogP contribution >= 0.6 is 0 Å². The third kappa shape index (κ3) is 5.60. The van der Waals surface area contributed by atoms with Gasteiger partial charge in [0.15, 0.2) is 6.61 Å². The number of esters is 1. The van der Waals surface area contributed by atoms with E-state index in [0.717, 1.165) is 11.1 Å². The maximum absolute atomic E-state index is 12.1. The lowest BCUT2D eigenvalue weighted by Crippen LogP contribution is -2.28. The molecule has 0 aliphatic heterocycles. The molecule has 0 radical (unpaired) electrons. The Hall–Kier alpha value is -2.77. The highest BCUT2D eigenvalue weighted by molar-refractivity contribution is 5.94. The summed E-state index contributed by atoms with van der Waals surface area (Å²) in [4.78, 5) is 46.4. The van der Waals surface area contributed by atoms with Gasteiger partial charge in [-0.05, 0) is 37.0 Å². The highest BCUT2D eigenvalue weighted by atomic mass is 16.6. The molecule has 0 bridgehead atoms. The Bertz CT molecular complexity index is 761. The number of hydrogen-bond acceptors (Lipinski definition) is 6. The Morgan fingerprint density at radius 1 is 1.33 bits per heavy atom. The molecule has 27 heavy (non-hydrogen) atoms. The molecule has 1 N–H and O–H groups in total. The van der Waals surface area contributed by atoms with Crippen molar-refractivity contribution in [3.8, 4) is 0 Å². The van der Waals surface area contributed by atoms with Crippen LogP contribution in [-0.2, 0) is 19.1 Å². The Morgan fingerprint density at radius 3 is 2.70 bits per heavy atom. The van der Waals surface area contributed by atoms with Crippen molar-refractivity contribution >= 4 is 23.3 Å². The normalized spacial score (nSPS) is 21.7. The zero-order valence-electron chi connectivity index (χ0n) is 15.7. The molecule has 0 heterocycles. The van der Waals surface area contributed by atoms with Crippen molar-refractivity contribution in [2.45, 2.75) is 33.6 Å². The number of anilines is 1. The number of nitrogens with zero attached hydrogens (tertiary/aromatic N) is 1. The maximum Gasteiger partial charge on any atom is 0.307 e. The van der Waals surface area contributed by atoms with Crippen molar-refractivity contribution in [1.82, 2.24) is 0 Å². The number of carbonyl (C=O) groups is 3. The van der Waals surface area contributed by atoms with Crippen molar-refractivity contribution in [2.75, 3.05) is 18.5 Å². The molecular weight excluding hydrogens is 352 g/mol. The molecule has 3 atom stereocenters. The van der Waals surface area contributed by atoms with Gasteiger partial charge in [0, 0.05) is 28.9 Å². The fraction of sp³-hybridized carbons (Fsp3) is 0.526. The van der Waals surface area contributed by atoms with Gasteiger partial charge >= 0.3 is 5.97 Å². The van der Waals surface area contributed by atoms with Gasteiger partial charge in [-0.25, -0.2) is 0 Å². The number of ketones is 1. The first kappa shape index (κ1) is 20.5. The van der Waals surface area contributed by atoms with Gasteiger partial charge in [-0.2, -0.15) is 0 Å². The van der Waals surface area contributed by atoms with Gasteiger partial charge in [-0.15, -0.1) is 0 Å². The average molecular weight is 376 g/mol. The summed E-state index contributed by atoms with van der Waals surface area (Å²) in [5.41, 5.74) is 2.51. The largest absolute Gasteiger partial charge is 0.456 e. The van der Waals surface area contributed by atoms with Crippen LogP contribution in [-0.4, -0.2) is 35.7 Å². The number of hydrogen-bond donors (Lipinski definition) is 1. The molecule has 8 heteroatoms. The Labute approximate surface area is 157 Å². The van der Waals surface area contributed by atoms with Gasteiger partial charge in [0.25, 0.3) is 5.91 Å². The maximum atomic E-state index is 12.1. The smallest absolute Gasteiger partial charge is 0.307 e. The van der Waals surface area contributed by atoms with Gasteiger partial charge < -0.3 is 10.1 Å². The number of amides is 1. The molecule has 8 nitrogen and oxygen atoms in total. The molecule has 1 aliphatic rings. The fourth-order valence-corrected chi connectivity index (χ4v) is 3.44. The van der Waals surface area contributed by atoms with Crippen LogP contribution < -0.4 is 5.32 Å². The van der Waals surface area contributed by atoms with Crippen molar-refractivity contribution in [1.29, 1.82) is 0 Å². The molecule has 1 fully saturated rings. The molecule has 2 rings (SSSR count). The van der Waals surface area contributed by atoms with E-state index in [1.165, 1.54) is 0 Å². The third-order valence-corrected chi connectivity index (χ3v) is 4.96. The lowest BCUT2D eigenvalue weighted by molar-refractivity contribution is -0.490. The first-order valence-corrected chi connectivity index (χ1v) is 8.84. The van der Waals surface area contributed by atoms with E-state index in [2.05, 4.69) is 5.32 Å². The van der Waals surface area contributed by atoms with Gasteiger partial charge in [0.05, 0.1) is 6.42 Å². The summed E-state index contributed by atoms with van der Waals surface area (Å²) in [6.07, 6.45) is -0.0119. The molecule has 0 aromatic heterocycles. The van der Waals surface area contributed by atoms with Gasteiger partial charge in [0.1, 0.15) is 5.78 Å². The summed E-state index contributed by atoms with van der Waals surface area (Å²) in [5, 5.41) is 13.5. The van der Waals surface area contributed by atoms with Crippen LogP contribution in [0.3, 0.4) is 0 Å². The quantitative estimate of drug-likeness (QED) is 0.443. The van der Waals surface area contributed by atoms with Crippen LogP contribution in [0.4, 0.5) is 5.69 Å². The van der Waals surface area contributed by atoms with Crippen molar-refractivity contribution in [3.05, 3.63) is 39.4 Å². The summed E-state index contributed by atoms with van der Waals surface area (Å²) < 4.78 is 4.97. The lowest BCUT2D eigenvalue weighted by atomic mass is 9.88. The summed E-state index contributed by atoms with van der Waals surface area (Å²) in [6, 6.07) is 5.61. The molecule has 1 amide bonds. The van der Waals surface area contributed by atoms with Gasteiger partial charge in [0.2, 0.25) is 6.54 Å². The second-order valence-corrected chi connectivity index (χ2v) is 7.16. The lowest BCUT2D eigenvalue weighted by Gasteiger charge is -2.17. The molecule has 1 aromatic rings. The molecule has 0 spiro atoms. The van der Waals surface area contributed by atoms with Crippen molar-refractivity contribution in [3.63, 3.8) is 0 Å². The monoisotopic (exact) mass is 376 g/mol. The molecule has 0 unspecified atom stereocenters. The van der Waals surface area contributed by atoms with Crippen molar-refractivity contribution < 1.29 is 24.0 Å². The Balaban J connectivity index is 1.87. The minimum Gasteiger partial charge on any atom is -0.456 e. The Kier molecular flexibility index (Phi) is 6.65. The van der Waals surface area contributed by atoms with Crippen LogP contribution in [0.15, 0.2) is 18.2 Å². The molecule has 0 saturated heterocycles. The minimum absolute atomic E-state index is 0.145. The van der Waals surface area contributed by atoms with E-state index in [9.17, 15) is 24.5 Å². The highest BCUT2D eigenvalue weighted by Crippen LogP contribution is 2.36. The minimum atomic E-state index is -0.722. The van der Waals surface area contributed by atoms with E-state index in [1.54, 1.807) is 6.92 Å². The van der Waals surface area contributed by atoms with Crippen LogP contribution in [0.5, 0.6) is 0 Å². The van der Waals surface area contributed by atoms with E-state index in [0.29, 0.717) is 5.69 Å². The number of carbonyl (C=O) groups excluding carboxylic acids is 3. The summed E-state index contributed by atoms with van der Waals surface area (Å²) in [6.45, 7) is 4.70. The van der Waals surface area contributed by atoms with Crippen LogP contribution in [0.1, 0.15) is 30.9 Å². The number of benzene rings is 1. The van der Waals surface area contributed by atoms with E-state index >= 15 is 0 Å². The number of nitrogens with one attached hydrogen (secondary N) is 1. The number of Topliss-reactive ketones (excluding diaryl/α,β-unsaturated/α-hetero) is 1. The SMILES string of the molecule is Cc1ccc(C)c(NC(=O)COC(=O)C[C@H]2C(=O)C[C@@H](C)[C@H]2C[N+](=O)[O-])c1. The number of aryl methyl sites for hydroxylation is 2.